The van der Waals surface area contributed by atoms with Crippen LogP contribution in [0.1, 0.15) is 15.9 Å². The zero-order valence-corrected chi connectivity index (χ0v) is 16.5. The molecule has 1 saturated heterocycles. The summed E-state index contributed by atoms with van der Waals surface area (Å²) in [6.45, 7) is 1.45. The lowest BCUT2D eigenvalue weighted by molar-refractivity contribution is -0.115. The van der Waals surface area contributed by atoms with Gasteiger partial charge in [0.25, 0.3) is 5.91 Å². The Hall–Kier alpha value is -2.75. The first-order chi connectivity index (χ1) is 13.9. The summed E-state index contributed by atoms with van der Waals surface area (Å²) in [7, 11) is -3.43. The summed E-state index contributed by atoms with van der Waals surface area (Å²) in [5.74, 6) is -0.698. The van der Waals surface area contributed by atoms with Gasteiger partial charge in [-0.2, -0.15) is 4.31 Å². The maximum absolute atomic E-state index is 13.0. The van der Waals surface area contributed by atoms with Crippen LogP contribution in [0.4, 0.5) is 11.4 Å². The zero-order valence-electron chi connectivity index (χ0n) is 15.7. The molecule has 0 aliphatic carbocycles. The van der Waals surface area contributed by atoms with Gasteiger partial charge in [0.2, 0.25) is 15.9 Å². The van der Waals surface area contributed by atoms with Gasteiger partial charge in [-0.3, -0.25) is 14.5 Å². The Morgan fingerprint density at radius 2 is 1.72 bits per heavy atom. The van der Waals surface area contributed by atoms with Crippen LogP contribution >= 0.6 is 0 Å². The zero-order chi connectivity index (χ0) is 20.4. The molecule has 0 bridgehead atoms. The first-order valence-corrected chi connectivity index (χ1v) is 10.9. The summed E-state index contributed by atoms with van der Waals surface area (Å²) >= 11 is 0. The number of carbonyl (C=O) groups is 2. The predicted octanol–water partition coefficient (Wildman–Crippen LogP) is 1.45. The Labute approximate surface area is 169 Å². The number of amides is 2. The maximum atomic E-state index is 13.0. The van der Waals surface area contributed by atoms with Crippen LogP contribution in [0, 0.1) is 0 Å². The molecule has 152 valence electrons. The van der Waals surface area contributed by atoms with Crippen molar-refractivity contribution in [1.29, 1.82) is 0 Å². The van der Waals surface area contributed by atoms with Gasteiger partial charge in [0, 0.05) is 18.7 Å². The van der Waals surface area contributed by atoms with Gasteiger partial charge >= 0.3 is 0 Å². The molecule has 1 fully saturated rings. The van der Waals surface area contributed by atoms with Crippen molar-refractivity contribution >= 4 is 33.2 Å². The van der Waals surface area contributed by atoms with Gasteiger partial charge in [0.05, 0.1) is 30.3 Å². The average molecular weight is 415 g/mol. The Balaban J connectivity index is 1.51. The fourth-order valence-electron chi connectivity index (χ4n) is 3.44. The van der Waals surface area contributed by atoms with E-state index in [9.17, 15) is 18.0 Å². The molecule has 0 saturated carbocycles. The van der Waals surface area contributed by atoms with Crippen LogP contribution in [0.15, 0.2) is 48.5 Å². The van der Waals surface area contributed by atoms with Crippen molar-refractivity contribution in [1.82, 2.24) is 4.31 Å². The van der Waals surface area contributed by atoms with Gasteiger partial charge in [0.1, 0.15) is 6.54 Å². The van der Waals surface area contributed by atoms with Gasteiger partial charge in [-0.15, -0.1) is 0 Å². The molecular weight excluding hydrogens is 394 g/mol. The van der Waals surface area contributed by atoms with E-state index in [0.29, 0.717) is 48.8 Å². The number of sulfonamides is 1. The molecule has 9 heteroatoms. The van der Waals surface area contributed by atoms with Crippen LogP contribution in [0.25, 0.3) is 0 Å². The number of benzene rings is 2. The van der Waals surface area contributed by atoms with E-state index < -0.39 is 10.0 Å². The fourth-order valence-corrected chi connectivity index (χ4v) is 4.94. The lowest BCUT2D eigenvalue weighted by Gasteiger charge is -2.29. The second kappa shape index (κ2) is 7.94. The largest absolute Gasteiger partial charge is 0.379 e. The molecule has 2 aromatic carbocycles. The van der Waals surface area contributed by atoms with Crippen molar-refractivity contribution in [3.8, 4) is 0 Å². The smallest absolute Gasteiger partial charge is 0.258 e. The highest BCUT2D eigenvalue weighted by Gasteiger charge is 2.28. The topological polar surface area (TPSA) is 96.0 Å². The van der Waals surface area contributed by atoms with Crippen molar-refractivity contribution < 1.29 is 22.7 Å². The minimum atomic E-state index is -3.43. The molecule has 0 unspecified atom stereocenters. The van der Waals surface area contributed by atoms with Crippen LogP contribution in [-0.4, -0.2) is 57.4 Å². The van der Waals surface area contributed by atoms with Crippen LogP contribution in [0.3, 0.4) is 0 Å². The van der Waals surface area contributed by atoms with Crippen molar-refractivity contribution in [2.45, 2.75) is 5.75 Å². The number of rotatable bonds is 4. The van der Waals surface area contributed by atoms with E-state index >= 15 is 0 Å². The lowest BCUT2D eigenvalue weighted by atomic mass is 10.1. The number of carbonyl (C=O) groups excluding carboxylic acids is 2. The minimum absolute atomic E-state index is 0.0665. The number of hydrogen-bond acceptors (Lipinski definition) is 5. The van der Waals surface area contributed by atoms with Crippen molar-refractivity contribution in [2.24, 2.45) is 0 Å². The third-order valence-electron chi connectivity index (χ3n) is 4.93. The molecule has 2 aliphatic rings. The number of anilines is 2. The predicted molar refractivity (Wildman–Crippen MR) is 108 cm³/mol. The highest BCUT2D eigenvalue weighted by atomic mass is 32.2. The molecule has 1 N–H and O–H groups in total. The molecule has 2 aliphatic heterocycles. The molecular formula is C20H21N3O5S. The van der Waals surface area contributed by atoms with Crippen LogP contribution < -0.4 is 10.2 Å². The number of morpholine rings is 1. The van der Waals surface area contributed by atoms with Gasteiger partial charge in [-0.25, -0.2) is 8.42 Å². The van der Waals surface area contributed by atoms with E-state index in [-0.39, 0.29) is 24.1 Å². The number of nitrogens with zero attached hydrogens (tertiary/aromatic N) is 2. The van der Waals surface area contributed by atoms with Gasteiger partial charge in [-0.05, 0) is 29.8 Å². The summed E-state index contributed by atoms with van der Waals surface area (Å²) in [5.41, 5.74) is 2.22. The first-order valence-electron chi connectivity index (χ1n) is 9.29. The van der Waals surface area contributed by atoms with E-state index in [2.05, 4.69) is 5.32 Å². The molecule has 0 spiro atoms. The Bertz CT molecular complexity index is 1030. The van der Waals surface area contributed by atoms with Crippen LogP contribution in [0.5, 0.6) is 0 Å². The normalized spacial score (nSPS) is 17.5. The number of hydrogen-bond donors (Lipinski definition) is 1. The van der Waals surface area contributed by atoms with Crippen molar-refractivity contribution in [3.05, 3.63) is 59.7 Å². The molecule has 2 heterocycles. The molecule has 29 heavy (non-hydrogen) atoms. The quantitative estimate of drug-likeness (QED) is 0.815. The van der Waals surface area contributed by atoms with Crippen LogP contribution in [0.2, 0.25) is 0 Å². The molecule has 0 aromatic heterocycles. The maximum Gasteiger partial charge on any atom is 0.258 e. The van der Waals surface area contributed by atoms with E-state index in [0.717, 1.165) is 0 Å². The number of para-hydroxylation sites is 2. The average Bonchev–Trinajstić information content (AvgIpc) is 2.73. The van der Waals surface area contributed by atoms with E-state index in [4.69, 9.17) is 4.74 Å². The fraction of sp³-hybridized carbons (Fsp3) is 0.300. The summed E-state index contributed by atoms with van der Waals surface area (Å²) < 4.78 is 31.7. The van der Waals surface area contributed by atoms with Gasteiger partial charge in [-0.1, -0.05) is 24.3 Å². The minimum Gasteiger partial charge on any atom is -0.379 e. The van der Waals surface area contributed by atoms with Crippen LogP contribution in [-0.2, 0) is 25.3 Å². The summed E-state index contributed by atoms with van der Waals surface area (Å²) in [6, 6.07) is 13.6. The third-order valence-corrected chi connectivity index (χ3v) is 6.78. The monoisotopic (exact) mass is 415 g/mol. The second-order valence-corrected chi connectivity index (χ2v) is 8.89. The Morgan fingerprint density at radius 3 is 2.45 bits per heavy atom. The lowest BCUT2D eigenvalue weighted by Crippen LogP contribution is -2.42. The second-order valence-electron chi connectivity index (χ2n) is 6.92. The third kappa shape index (κ3) is 4.16. The molecule has 0 radical (unpaired) electrons. The van der Waals surface area contributed by atoms with Gasteiger partial charge < -0.3 is 10.1 Å². The first kappa shape index (κ1) is 19.6. The summed E-state index contributed by atoms with van der Waals surface area (Å²) in [5, 5.41) is 2.75. The molecule has 2 amide bonds. The Morgan fingerprint density at radius 1 is 1.03 bits per heavy atom. The highest BCUT2D eigenvalue weighted by Crippen LogP contribution is 2.30. The SMILES string of the molecule is O=C1CN(C(=O)c2ccc(CS(=O)(=O)N3CCOCC3)cc2)c2ccccc2N1. The molecule has 8 nitrogen and oxygen atoms in total. The van der Waals surface area contributed by atoms with Crippen molar-refractivity contribution in [2.75, 3.05) is 43.1 Å². The summed E-state index contributed by atoms with van der Waals surface area (Å²) in [6.07, 6.45) is 0. The van der Waals surface area contributed by atoms with E-state index in [1.54, 1.807) is 48.5 Å². The number of fused-ring (bicyclic) bond motifs is 1. The van der Waals surface area contributed by atoms with Gasteiger partial charge in [0.15, 0.2) is 0 Å². The standard InChI is InChI=1S/C20H21N3O5S/c24-19-13-23(18-4-2-1-3-17(18)21-19)20(25)16-7-5-15(6-8-16)14-29(26,27)22-9-11-28-12-10-22/h1-8H,9-14H2,(H,21,24). The van der Waals surface area contributed by atoms with E-state index in [1.807, 2.05) is 0 Å². The number of ether oxygens (including phenoxy) is 1. The molecule has 2 aromatic rings. The Kier molecular flexibility index (Phi) is 5.35. The van der Waals surface area contributed by atoms with E-state index in [1.165, 1.54) is 9.21 Å². The number of nitrogens with one attached hydrogen (secondary N) is 1. The summed E-state index contributed by atoms with van der Waals surface area (Å²) in [4.78, 5) is 26.3. The molecule has 0 atom stereocenters. The highest BCUT2D eigenvalue weighted by molar-refractivity contribution is 7.88. The molecule has 4 rings (SSSR count). The van der Waals surface area contributed by atoms with Crippen molar-refractivity contribution in [3.63, 3.8) is 0 Å².